The molecule has 0 saturated carbocycles. The van der Waals surface area contributed by atoms with E-state index in [1.54, 1.807) is 17.4 Å². The molecule has 96 valence electrons. The van der Waals surface area contributed by atoms with Crippen molar-refractivity contribution in [2.45, 2.75) is 6.92 Å². The zero-order chi connectivity index (χ0) is 13.4. The molecule has 0 atom stereocenters. The van der Waals surface area contributed by atoms with Gasteiger partial charge in [-0.3, -0.25) is 14.8 Å². The Balaban J connectivity index is 2.20. The van der Waals surface area contributed by atoms with Crippen LogP contribution in [0, 0.1) is 6.92 Å². The molecule has 0 aliphatic carbocycles. The molecule has 6 heteroatoms. The zero-order valence-corrected chi connectivity index (χ0v) is 11.1. The van der Waals surface area contributed by atoms with E-state index >= 15 is 0 Å². The second kappa shape index (κ2) is 4.49. The number of nitrogens with zero attached hydrogens (tertiary/aromatic N) is 2. The fourth-order valence-corrected chi connectivity index (χ4v) is 3.04. The topological polar surface area (TPSA) is 72.9 Å². The van der Waals surface area contributed by atoms with Crippen LogP contribution < -0.4 is 11.3 Å². The number of nitrogens with two attached hydrogens (primary N) is 1. The molecular formula is C13H12N4OS. The van der Waals surface area contributed by atoms with Gasteiger partial charge in [0.2, 0.25) is 0 Å². The van der Waals surface area contributed by atoms with Gasteiger partial charge in [-0.2, -0.15) is 0 Å². The predicted molar refractivity (Wildman–Crippen MR) is 75.3 cm³/mol. The van der Waals surface area contributed by atoms with Crippen LogP contribution >= 0.6 is 11.3 Å². The van der Waals surface area contributed by atoms with E-state index in [9.17, 15) is 4.79 Å². The number of benzene rings is 1. The van der Waals surface area contributed by atoms with Crippen molar-refractivity contribution in [3.8, 4) is 5.13 Å². The van der Waals surface area contributed by atoms with Crippen molar-refractivity contribution in [1.82, 2.24) is 15.0 Å². The van der Waals surface area contributed by atoms with E-state index in [4.69, 9.17) is 5.84 Å². The van der Waals surface area contributed by atoms with Gasteiger partial charge >= 0.3 is 0 Å². The monoisotopic (exact) mass is 272 g/mol. The second-order valence-corrected chi connectivity index (χ2v) is 5.14. The lowest BCUT2D eigenvalue weighted by Gasteiger charge is -2.06. The molecule has 2 aromatic heterocycles. The Kier molecular flexibility index (Phi) is 2.81. The van der Waals surface area contributed by atoms with Gasteiger partial charge in [0.1, 0.15) is 5.69 Å². The van der Waals surface area contributed by atoms with E-state index in [1.807, 2.05) is 41.8 Å². The number of para-hydroxylation sites is 1. The number of hydrazine groups is 1. The molecule has 2 heterocycles. The minimum Gasteiger partial charge on any atom is -0.289 e. The lowest BCUT2D eigenvalue weighted by Crippen LogP contribution is -2.31. The van der Waals surface area contributed by atoms with Gasteiger partial charge in [-0.05, 0) is 31.2 Å². The normalized spacial score (nSPS) is 10.8. The number of hydrogen-bond acceptors (Lipinski definition) is 4. The summed E-state index contributed by atoms with van der Waals surface area (Å²) in [7, 11) is 0. The number of nitrogens with one attached hydrogen (secondary N) is 1. The Morgan fingerprint density at radius 2 is 2.11 bits per heavy atom. The third-order valence-electron chi connectivity index (χ3n) is 2.91. The highest BCUT2D eigenvalue weighted by Gasteiger charge is 2.16. The summed E-state index contributed by atoms with van der Waals surface area (Å²) in [5.74, 6) is 4.88. The molecule has 0 spiro atoms. The summed E-state index contributed by atoms with van der Waals surface area (Å²) in [5, 5.41) is 0.766. The fourth-order valence-electron chi connectivity index (χ4n) is 2.00. The van der Waals surface area contributed by atoms with Gasteiger partial charge < -0.3 is 0 Å². The first-order valence-corrected chi connectivity index (χ1v) is 6.57. The fraction of sp³-hybridized carbons (Fsp3) is 0.0769. The molecular weight excluding hydrogens is 260 g/mol. The van der Waals surface area contributed by atoms with Crippen molar-refractivity contribution in [2.75, 3.05) is 0 Å². The van der Waals surface area contributed by atoms with Crippen molar-refractivity contribution in [3.63, 3.8) is 0 Å². The number of thiazole rings is 1. The van der Waals surface area contributed by atoms with E-state index in [1.165, 1.54) is 0 Å². The molecule has 0 radical (unpaired) electrons. The highest BCUT2D eigenvalue weighted by molar-refractivity contribution is 7.20. The van der Waals surface area contributed by atoms with Gasteiger partial charge in [0.25, 0.3) is 5.91 Å². The third kappa shape index (κ3) is 1.91. The molecule has 19 heavy (non-hydrogen) atoms. The summed E-state index contributed by atoms with van der Waals surface area (Å²) in [6.45, 7) is 1.93. The number of nitrogen functional groups attached to an aromatic ring is 1. The second-order valence-electron chi connectivity index (χ2n) is 4.13. The summed E-state index contributed by atoms with van der Waals surface area (Å²) < 4.78 is 2.90. The Hall–Kier alpha value is -2.18. The highest BCUT2D eigenvalue weighted by Crippen LogP contribution is 2.27. The van der Waals surface area contributed by atoms with E-state index in [0.29, 0.717) is 5.69 Å². The molecule has 0 saturated heterocycles. The van der Waals surface area contributed by atoms with Crippen LogP contribution in [0.2, 0.25) is 0 Å². The number of fused-ring (bicyclic) bond motifs is 1. The number of carbonyl (C=O) groups excluding carboxylic acids is 1. The van der Waals surface area contributed by atoms with Gasteiger partial charge in [-0.25, -0.2) is 10.8 Å². The molecule has 5 nitrogen and oxygen atoms in total. The minimum absolute atomic E-state index is 0.327. The maximum Gasteiger partial charge on any atom is 0.282 e. The zero-order valence-electron chi connectivity index (χ0n) is 10.3. The largest absolute Gasteiger partial charge is 0.289 e. The molecule has 3 rings (SSSR count). The number of carbonyl (C=O) groups is 1. The molecule has 3 aromatic rings. The van der Waals surface area contributed by atoms with Gasteiger partial charge in [-0.1, -0.05) is 23.5 Å². The summed E-state index contributed by atoms with van der Waals surface area (Å²) in [6, 6.07) is 11.5. The van der Waals surface area contributed by atoms with Crippen molar-refractivity contribution in [3.05, 3.63) is 47.8 Å². The van der Waals surface area contributed by atoms with E-state index in [-0.39, 0.29) is 5.91 Å². The van der Waals surface area contributed by atoms with Gasteiger partial charge in [0, 0.05) is 5.69 Å². The molecule has 0 fully saturated rings. The van der Waals surface area contributed by atoms with Crippen molar-refractivity contribution < 1.29 is 4.79 Å². The van der Waals surface area contributed by atoms with Gasteiger partial charge in [0.15, 0.2) is 5.13 Å². The molecule has 3 N–H and O–H groups in total. The minimum atomic E-state index is -0.327. The lowest BCUT2D eigenvalue weighted by atomic mass is 10.3. The first kappa shape index (κ1) is 11.9. The molecule has 0 unspecified atom stereocenters. The number of rotatable bonds is 2. The van der Waals surface area contributed by atoms with Crippen LogP contribution in [-0.4, -0.2) is 15.5 Å². The molecule has 0 bridgehead atoms. The van der Waals surface area contributed by atoms with Crippen LogP contribution in [0.4, 0.5) is 0 Å². The number of aromatic nitrogens is 2. The van der Waals surface area contributed by atoms with Gasteiger partial charge in [0.05, 0.1) is 10.2 Å². The molecule has 0 aliphatic rings. The molecule has 1 amide bonds. The van der Waals surface area contributed by atoms with Crippen LogP contribution in [0.1, 0.15) is 16.2 Å². The predicted octanol–water partition coefficient (Wildman–Crippen LogP) is 2.00. The summed E-state index contributed by atoms with van der Waals surface area (Å²) in [6.07, 6.45) is 0. The smallest absolute Gasteiger partial charge is 0.282 e. The average Bonchev–Trinajstić information content (AvgIpc) is 3.00. The van der Waals surface area contributed by atoms with Gasteiger partial charge in [-0.15, -0.1) is 0 Å². The standard InChI is InChI=1S/C13H12N4OS/c1-8-6-7-10(12(18)16-14)17(8)13-15-9-4-2-3-5-11(9)19-13/h2-7H,14H2,1H3,(H,16,18). The molecule has 0 aliphatic heterocycles. The number of aryl methyl sites for hydroxylation is 1. The Morgan fingerprint density at radius 1 is 1.32 bits per heavy atom. The maximum atomic E-state index is 11.8. The van der Waals surface area contributed by atoms with E-state index in [2.05, 4.69) is 10.4 Å². The average molecular weight is 272 g/mol. The maximum absolute atomic E-state index is 11.8. The Bertz CT molecular complexity index is 726. The number of amides is 1. The first-order chi connectivity index (χ1) is 9.20. The highest BCUT2D eigenvalue weighted by atomic mass is 32.1. The first-order valence-electron chi connectivity index (χ1n) is 5.76. The quantitative estimate of drug-likeness (QED) is 0.426. The van der Waals surface area contributed by atoms with Crippen molar-refractivity contribution >= 4 is 27.5 Å². The van der Waals surface area contributed by atoms with E-state index in [0.717, 1.165) is 21.0 Å². The Morgan fingerprint density at radius 3 is 2.84 bits per heavy atom. The third-order valence-corrected chi connectivity index (χ3v) is 3.94. The molecule has 1 aromatic carbocycles. The van der Waals surface area contributed by atoms with Crippen LogP contribution in [0.25, 0.3) is 15.3 Å². The van der Waals surface area contributed by atoms with Crippen LogP contribution in [0.15, 0.2) is 36.4 Å². The summed E-state index contributed by atoms with van der Waals surface area (Å²) >= 11 is 1.54. The number of hydrogen-bond donors (Lipinski definition) is 2. The van der Waals surface area contributed by atoms with Crippen molar-refractivity contribution in [2.24, 2.45) is 5.84 Å². The van der Waals surface area contributed by atoms with Crippen LogP contribution in [0.3, 0.4) is 0 Å². The van der Waals surface area contributed by atoms with Crippen LogP contribution in [0.5, 0.6) is 0 Å². The van der Waals surface area contributed by atoms with Crippen LogP contribution in [-0.2, 0) is 0 Å². The summed E-state index contributed by atoms with van der Waals surface area (Å²) in [4.78, 5) is 16.3. The summed E-state index contributed by atoms with van der Waals surface area (Å²) in [5.41, 5.74) is 4.51. The SMILES string of the molecule is Cc1ccc(C(=O)NN)n1-c1nc2ccccc2s1. The van der Waals surface area contributed by atoms with E-state index < -0.39 is 0 Å². The Labute approximate surface area is 113 Å². The lowest BCUT2D eigenvalue weighted by molar-refractivity contribution is 0.0946. The van der Waals surface area contributed by atoms with Crippen molar-refractivity contribution in [1.29, 1.82) is 0 Å².